The summed E-state index contributed by atoms with van der Waals surface area (Å²) >= 11 is 5.92. The van der Waals surface area contributed by atoms with E-state index in [2.05, 4.69) is 10.1 Å². The minimum atomic E-state index is -0.993. The number of pyridine rings is 1. The first-order chi connectivity index (χ1) is 13.4. The van der Waals surface area contributed by atoms with E-state index >= 15 is 0 Å². The maximum atomic E-state index is 13.0. The number of benzene rings is 1. The number of Topliss-reactive ketones (excluding diaryl/α,β-unsaturated/α-hetero) is 2. The van der Waals surface area contributed by atoms with E-state index in [4.69, 9.17) is 11.6 Å². The first kappa shape index (κ1) is 18.3. The van der Waals surface area contributed by atoms with Gasteiger partial charge in [0, 0.05) is 28.3 Å². The number of carbonyl (C=O) groups excluding carboxylic acids is 2. The zero-order valence-corrected chi connectivity index (χ0v) is 15.7. The molecule has 1 atom stereocenters. The third-order valence-corrected chi connectivity index (χ3v) is 4.87. The Balaban J connectivity index is 1.66. The van der Waals surface area contributed by atoms with Crippen LogP contribution in [0.3, 0.4) is 0 Å². The van der Waals surface area contributed by atoms with Crippen molar-refractivity contribution >= 4 is 29.2 Å². The van der Waals surface area contributed by atoms with E-state index in [0.29, 0.717) is 27.7 Å². The first-order valence-electron chi connectivity index (χ1n) is 8.63. The molecule has 2 heterocycles. The minimum absolute atomic E-state index is 0.00185. The van der Waals surface area contributed by atoms with Crippen LogP contribution in [0.1, 0.15) is 23.9 Å². The number of carbonyl (C=O) groups is 2. The Bertz CT molecular complexity index is 1100. The lowest BCUT2D eigenvalue weighted by Gasteiger charge is -2.09. The van der Waals surface area contributed by atoms with Gasteiger partial charge in [-0.15, -0.1) is 0 Å². The fourth-order valence-electron chi connectivity index (χ4n) is 3.22. The molecule has 0 radical (unpaired) electrons. The van der Waals surface area contributed by atoms with Gasteiger partial charge in [0.2, 0.25) is 0 Å². The minimum Gasteiger partial charge on any atom is -0.296 e. The Morgan fingerprint density at radius 1 is 1.18 bits per heavy atom. The Morgan fingerprint density at radius 2 is 1.93 bits per heavy atom. The fourth-order valence-corrected chi connectivity index (χ4v) is 3.35. The van der Waals surface area contributed by atoms with Gasteiger partial charge in [-0.3, -0.25) is 19.3 Å². The summed E-state index contributed by atoms with van der Waals surface area (Å²) in [5.74, 6) is -1.01. The predicted molar refractivity (Wildman–Crippen MR) is 103 cm³/mol. The van der Waals surface area contributed by atoms with Gasteiger partial charge in [0.1, 0.15) is 5.82 Å². The highest BCUT2D eigenvalue weighted by atomic mass is 35.5. The summed E-state index contributed by atoms with van der Waals surface area (Å²) in [5, 5.41) is 5.10. The quantitative estimate of drug-likeness (QED) is 0.492. The van der Waals surface area contributed by atoms with Crippen LogP contribution in [0.15, 0.2) is 54.2 Å². The number of hydrogen-bond donors (Lipinski definition) is 0. The second-order valence-electron chi connectivity index (χ2n) is 6.60. The van der Waals surface area contributed by atoms with Crippen molar-refractivity contribution < 1.29 is 14.0 Å². The van der Waals surface area contributed by atoms with Crippen LogP contribution in [0.5, 0.6) is 0 Å². The van der Waals surface area contributed by atoms with Crippen LogP contribution < -0.4 is 0 Å². The highest BCUT2D eigenvalue weighted by Gasteiger charge is 2.39. The molecule has 1 aliphatic carbocycles. The molecule has 0 aliphatic heterocycles. The molecule has 0 amide bonds. The lowest BCUT2D eigenvalue weighted by Crippen LogP contribution is -2.22. The summed E-state index contributed by atoms with van der Waals surface area (Å²) in [6, 6.07) is 10.7. The number of allylic oxidation sites excluding steroid dienone is 1. The summed E-state index contributed by atoms with van der Waals surface area (Å²) in [6.45, 7) is 1.80. The molecule has 140 valence electrons. The van der Waals surface area contributed by atoms with E-state index in [1.54, 1.807) is 19.1 Å². The van der Waals surface area contributed by atoms with Gasteiger partial charge in [-0.25, -0.2) is 4.39 Å². The number of aromatic nitrogens is 3. The van der Waals surface area contributed by atoms with E-state index in [-0.39, 0.29) is 18.0 Å². The van der Waals surface area contributed by atoms with Crippen LogP contribution in [-0.2, 0) is 9.59 Å². The zero-order valence-electron chi connectivity index (χ0n) is 14.9. The third-order valence-electron chi connectivity index (χ3n) is 4.61. The van der Waals surface area contributed by atoms with Crippen LogP contribution in [0, 0.1) is 12.7 Å². The van der Waals surface area contributed by atoms with Crippen molar-refractivity contribution in [2.24, 2.45) is 0 Å². The second-order valence-corrected chi connectivity index (χ2v) is 7.04. The topological polar surface area (TPSA) is 64.8 Å². The van der Waals surface area contributed by atoms with Crippen molar-refractivity contribution in [1.29, 1.82) is 0 Å². The summed E-state index contributed by atoms with van der Waals surface area (Å²) < 4.78 is 14.5. The highest BCUT2D eigenvalue weighted by molar-refractivity contribution is 6.30. The van der Waals surface area contributed by atoms with Crippen molar-refractivity contribution in [2.75, 3.05) is 0 Å². The maximum absolute atomic E-state index is 13.0. The van der Waals surface area contributed by atoms with Gasteiger partial charge in [-0.2, -0.15) is 5.10 Å². The fraction of sp³-hybridized carbons (Fsp3) is 0.143. The molecule has 28 heavy (non-hydrogen) atoms. The first-order valence-corrected chi connectivity index (χ1v) is 9.01. The van der Waals surface area contributed by atoms with E-state index < -0.39 is 11.9 Å². The van der Waals surface area contributed by atoms with Crippen molar-refractivity contribution in [2.45, 2.75) is 19.4 Å². The molecule has 0 bridgehead atoms. The Labute approximate surface area is 165 Å². The van der Waals surface area contributed by atoms with Gasteiger partial charge in [-0.1, -0.05) is 23.7 Å². The molecular weight excluding hydrogens is 381 g/mol. The van der Waals surface area contributed by atoms with Gasteiger partial charge in [0.15, 0.2) is 17.6 Å². The van der Waals surface area contributed by atoms with Crippen molar-refractivity contribution in [3.05, 3.63) is 76.5 Å². The number of rotatable bonds is 3. The van der Waals surface area contributed by atoms with Gasteiger partial charge in [0.25, 0.3) is 0 Å². The summed E-state index contributed by atoms with van der Waals surface area (Å²) in [7, 11) is 0. The SMILES string of the molecule is Cc1cc(-c2ccc(Cl)cc2)nn1C1C(=O)CC(=Cc2ccc(F)cn2)C1=O. The van der Waals surface area contributed by atoms with Crippen LogP contribution in [0.4, 0.5) is 4.39 Å². The lowest BCUT2D eigenvalue weighted by molar-refractivity contribution is -0.126. The van der Waals surface area contributed by atoms with E-state index in [1.807, 2.05) is 18.2 Å². The van der Waals surface area contributed by atoms with Gasteiger partial charge in [0.05, 0.1) is 17.6 Å². The van der Waals surface area contributed by atoms with Crippen molar-refractivity contribution in [1.82, 2.24) is 14.8 Å². The number of aryl methyl sites for hydroxylation is 1. The number of halogens is 2. The maximum Gasteiger partial charge on any atom is 0.191 e. The standard InChI is InChI=1S/C21H15ClFN3O2/c1-12-8-18(13-2-4-15(22)5-3-13)25-26(12)20-19(27)10-14(21(20)28)9-17-7-6-16(23)11-24-17/h2-9,11,20H,10H2,1H3. The molecular formula is C21H15ClFN3O2. The monoisotopic (exact) mass is 395 g/mol. The third kappa shape index (κ3) is 3.39. The molecule has 1 unspecified atom stereocenters. The summed E-state index contributed by atoms with van der Waals surface area (Å²) in [6.07, 6.45) is 2.60. The molecule has 1 fully saturated rings. The Kier molecular flexibility index (Phi) is 4.65. The van der Waals surface area contributed by atoms with Crippen LogP contribution in [0.2, 0.25) is 5.02 Å². The molecule has 0 N–H and O–H groups in total. The summed E-state index contributed by atoms with van der Waals surface area (Å²) in [4.78, 5) is 29.3. The normalized spacial score (nSPS) is 18.2. The molecule has 7 heteroatoms. The number of ketones is 2. The molecule has 0 saturated heterocycles. The average Bonchev–Trinajstić information content (AvgIpc) is 3.17. The molecule has 1 aromatic carbocycles. The molecule has 3 aromatic rings. The number of hydrogen-bond acceptors (Lipinski definition) is 4. The molecule has 0 spiro atoms. The molecule has 4 rings (SSSR count). The van der Waals surface area contributed by atoms with Crippen LogP contribution in [0.25, 0.3) is 17.3 Å². The smallest absolute Gasteiger partial charge is 0.191 e. The van der Waals surface area contributed by atoms with E-state index in [1.165, 1.54) is 22.9 Å². The predicted octanol–water partition coefficient (Wildman–Crippen LogP) is 4.21. The summed E-state index contributed by atoms with van der Waals surface area (Å²) in [5.41, 5.74) is 2.98. The van der Waals surface area contributed by atoms with Crippen LogP contribution in [-0.4, -0.2) is 26.3 Å². The molecule has 2 aromatic heterocycles. The van der Waals surface area contributed by atoms with E-state index in [0.717, 1.165) is 11.8 Å². The second kappa shape index (κ2) is 7.13. The van der Waals surface area contributed by atoms with Crippen LogP contribution >= 0.6 is 11.6 Å². The molecule has 5 nitrogen and oxygen atoms in total. The number of nitrogens with zero attached hydrogens (tertiary/aromatic N) is 3. The van der Waals surface area contributed by atoms with E-state index in [9.17, 15) is 14.0 Å². The molecule has 1 saturated carbocycles. The van der Waals surface area contributed by atoms with Gasteiger partial charge >= 0.3 is 0 Å². The zero-order chi connectivity index (χ0) is 19.8. The van der Waals surface area contributed by atoms with Gasteiger partial charge in [-0.05, 0) is 43.3 Å². The van der Waals surface area contributed by atoms with Crippen molar-refractivity contribution in [3.63, 3.8) is 0 Å². The highest BCUT2D eigenvalue weighted by Crippen LogP contribution is 2.31. The average molecular weight is 396 g/mol. The van der Waals surface area contributed by atoms with Gasteiger partial charge < -0.3 is 0 Å². The Morgan fingerprint density at radius 3 is 2.61 bits per heavy atom. The van der Waals surface area contributed by atoms with Crippen molar-refractivity contribution in [3.8, 4) is 11.3 Å². The molecule has 1 aliphatic rings. The lowest BCUT2D eigenvalue weighted by atomic mass is 10.1. The largest absolute Gasteiger partial charge is 0.296 e. The Hall–Kier alpha value is -3.12.